The third-order valence-electron chi connectivity index (χ3n) is 3.58. The average Bonchev–Trinajstić information content (AvgIpc) is 2.46. The summed E-state index contributed by atoms with van der Waals surface area (Å²) in [6.45, 7) is 5.78. The van der Waals surface area contributed by atoms with Crippen molar-refractivity contribution in [1.82, 2.24) is 4.31 Å². The first-order chi connectivity index (χ1) is 9.88. The monoisotopic (exact) mass is 317 g/mol. The van der Waals surface area contributed by atoms with E-state index in [1.54, 1.807) is 0 Å². The molecular formula is C15H24FNO3S. The van der Waals surface area contributed by atoms with Gasteiger partial charge in [0.15, 0.2) is 0 Å². The van der Waals surface area contributed by atoms with Gasteiger partial charge in [-0.1, -0.05) is 26.3 Å². The first-order valence-corrected chi connectivity index (χ1v) is 8.73. The molecule has 120 valence electrons. The van der Waals surface area contributed by atoms with Crippen LogP contribution in [0.15, 0.2) is 23.1 Å². The van der Waals surface area contributed by atoms with Gasteiger partial charge in [-0.05, 0) is 37.5 Å². The second kappa shape index (κ2) is 7.87. The number of nitrogens with zero attached hydrogens (tertiary/aromatic N) is 1. The first kappa shape index (κ1) is 18.1. The number of aliphatic hydroxyl groups is 1. The molecule has 0 radical (unpaired) electrons. The van der Waals surface area contributed by atoms with Crippen molar-refractivity contribution < 1.29 is 17.9 Å². The number of rotatable bonds is 8. The molecule has 0 aromatic heterocycles. The molecule has 0 heterocycles. The van der Waals surface area contributed by atoms with E-state index in [1.807, 2.05) is 20.8 Å². The van der Waals surface area contributed by atoms with Gasteiger partial charge in [0.05, 0.1) is 6.61 Å². The number of halogens is 1. The van der Waals surface area contributed by atoms with Crippen LogP contribution < -0.4 is 0 Å². The molecule has 6 heteroatoms. The van der Waals surface area contributed by atoms with Crippen molar-refractivity contribution in [1.29, 1.82) is 0 Å². The minimum absolute atomic E-state index is 0.182. The summed E-state index contributed by atoms with van der Waals surface area (Å²) in [5.74, 6) is -0.814. The molecule has 0 aliphatic heterocycles. The fourth-order valence-electron chi connectivity index (χ4n) is 2.07. The molecule has 0 fully saturated rings. The van der Waals surface area contributed by atoms with Gasteiger partial charge in [0, 0.05) is 12.6 Å². The van der Waals surface area contributed by atoms with Crippen LogP contribution in [0.3, 0.4) is 0 Å². The summed E-state index contributed by atoms with van der Waals surface area (Å²) in [6.07, 6.45) is 2.27. The van der Waals surface area contributed by atoms with Gasteiger partial charge in [0.2, 0.25) is 10.0 Å². The molecule has 1 atom stereocenters. The lowest BCUT2D eigenvalue weighted by Gasteiger charge is -2.27. The highest BCUT2D eigenvalue weighted by atomic mass is 32.2. The largest absolute Gasteiger partial charge is 0.392 e. The van der Waals surface area contributed by atoms with Crippen LogP contribution in [0.5, 0.6) is 0 Å². The number of unbranched alkanes of at least 4 members (excludes halogenated alkanes) is 1. The Labute approximate surface area is 126 Å². The Kier molecular flexibility index (Phi) is 6.77. The van der Waals surface area contributed by atoms with Gasteiger partial charge >= 0.3 is 0 Å². The van der Waals surface area contributed by atoms with Crippen molar-refractivity contribution in [2.24, 2.45) is 0 Å². The summed E-state index contributed by atoms with van der Waals surface area (Å²) in [7, 11) is -3.86. The highest BCUT2D eigenvalue weighted by Crippen LogP contribution is 2.23. The van der Waals surface area contributed by atoms with Gasteiger partial charge in [-0.2, -0.15) is 4.31 Å². The molecular weight excluding hydrogens is 293 g/mol. The Balaban J connectivity index is 3.21. The molecule has 0 spiro atoms. The lowest BCUT2D eigenvalue weighted by Crippen LogP contribution is -2.39. The van der Waals surface area contributed by atoms with Gasteiger partial charge in [-0.25, -0.2) is 12.8 Å². The standard InChI is InChI=1S/C15H24FNO3S/c1-4-6-9-17(12(3)5-2)21(19,20)15-8-7-13(11-18)10-14(15)16/h7-8,10,12,18H,4-6,9,11H2,1-3H3. The second-order valence-electron chi connectivity index (χ2n) is 5.15. The van der Waals surface area contributed by atoms with E-state index in [0.717, 1.165) is 18.9 Å². The average molecular weight is 317 g/mol. The molecule has 1 aromatic rings. The van der Waals surface area contributed by atoms with E-state index in [2.05, 4.69) is 0 Å². The lowest BCUT2D eigenvalue weighted by molar-refractivity contribution is 0.281. The van der Waals surface area contributed by atoms with E-state index in [1.165, 1.54) is 16.4 Å². The van der Waals surface area contributed by atoms with E-state index in [9.17, 15) is 12.8 Å². The fraction of sp³-hybridized carbons (Fsp3) is 0.600. The molecule has 1 N–H and O–H groups in total. The van der Waals surface area contributed by atoms with Crippen molar-refractivity contribution in [3.8, 4) is 0 Å². The van der Waals surface area contributed by atoms with Crippen LogP contribution in [0.4, 0.5) is 4.39 Å². The van der Waals surface area contributed by atoms with Crippen LogP contribution in [0.2, 0.25) is 0 Å². The van der Waals surface area contributed by atoms with E-state index in [4.69, 9.17) is 5.11 Å². The molecule has 1 unspecified atom stereocenters. The topological polar surface area (TPSA) is 57.6 Å². The van der Waals surface area contributed by atoms with Crippen LogP contribution in [0.1, 0.15) is 45.6 Å². The molecule has 0 aliphatic rings. The lowest BCUT2D eigenvalue weighted by atomic mass is 10.2. The van der Waals surface area contributed by atoms with E-state index >= 15 is 0 Å². The maximum Gasteiger partial charge on any atom is 0.246 e. The number of aliphatic hydroxyl groups excluding tert-OH is 1. The summed E-state index contributed by atoms with van der Waals surface area (Å²) in [4.78, 5) is -0.323. The van der Waals surface area contributed by atoms with Crippen LogP contribution in [-0.2, 0) is 16.6 Å². The minimum atomic E-state index is -3.86. The van der Waals surface area contributed by atoms with Gasteiger partial charge in [0.25, 0.3) is 0 Å². The molecule has 4 nitrogen and oxygen atoms in total. The van der Waals surface area contributed by atoms with Crippen molar-refractivity contribution in [3.63, 3.8) is 0 Å². The number of hydrogen-bond donors (Lipinski definition) is 1. The third kappa shape index (κ3) is 4.25. The predicted molar refractivity (Wildman–Crippen MR) is 80.9 cm³/mol. The number of benzene rings is 1. The maximum absolute atomic E-state index is 14.1. The number of hydrogen-bond acceptors (Lipinski definition) is 3. The van der Waals surface area contributed by atoms with E-state index < -0.39 is 15.8 Å². The quantitative estimate of drug-likeness (QED) is 0.802. The van der Waals surface area contributed by atoms with Crippen molar-refractivity contribution in [3.05, 3.63) is 29.6 Å². The van der Waals surface area contributed by atoms with Crippen molar-refractivity contribution in [2.45, 2.75) is 57.6 Å². The highest BCUT2D eigenvalue weighted by Gasteiger charge is 2.30. The number of sulfonamides is 1. The third-order valence-corrected chi connectivity index (χ3v) is 5.63. The molecule has 1 aromatic carbocycles. The first-order valence-electron chi connectivity index (χ1n) is 7.29. The van der Waals surface area contributed by atoms with Gasteiger partial charge in [-0.15, -0.1) is 0 Å². The summed E-state index contributed by atoms with van der Waals surface area (Å²) in [5, 5.41) is 8.98. The molecule has 0 saturated carbocycles. The molecule has 0 bridgehead atoms. The van der Waals surface area contributed by atoms with Crippen molar-refractivity contribution >= 4 is 10.0 Å². The second-order valence-corrected chi connectivity index (χ2v) is 7.01. The highest BCUT2D eigenvalue weighted by molar-refractivity contribution is 7.89. The van der Waals surface area contributed by atoms with Crippen LogP contribution in [-0.4, -0.2) is 30.4 Å². The fourth-order valence-corrected chi connectivity index (χ4v) is 3.86. The van der Waals surface area contributed by atoms with Crippen molar-refractivity contribution in [2.75, 3.05) is 6.54 Å². The van der Waals surface area contributed by atoms with Gasteiger partial charge in [-0.3, -0.25) is 0 Å². The molecule has 0 saturated heterocycles. The Hall–Kier alpha value is -0.980. The Morgan fingerprint density at radius 1 is 1.33 bits per heavy atom. The summed E-state index contributed by atoms with van der Waals surface area (Å²) in [5.41, 5.74) is 0.357. The zero-order valence-corrected chi connectivity index (χ0v) is 13.7. The summed E-state index contributed by atoms with van der Waals surface area (Å²) < 4.78 is 40.8. The van der Waals surface area contributed by atoms with E-state index in [0.29, 0.717) is 18.5 Å². The van der Waals surface area contributed by atoms with Crippen LogP contribution >= 0.6 is 0 Å². The summed E-state index contributed by atoms with van der Waals surface area (Å²) >= 11 is 0. The molecule has 1 rings (SSSR count). The Bertz CT molecular complexity index is 560. The molecule has 0 aliphatic carbocycles. The zero-order chi connectivity index (χ0) is 16.0. The zero-order valence-electron chi connectivity index (χ0n) is 12.8. The predicted octanol–water partition coefficient (Wildman–Crippen LogP) is 2.91. The summed E-state index contributed by atoms with van der Waals surface area (Å²) in [6, 6.07) is 3.56. The maximum atomic E-state index is 14.1. The Morgan fingerprint density at radius 3 is 2.48 bits per heavy atom. The molecule has 0 amide bonds. The van der Waals surface area contributed by atoms with E-state index in [-0.39, 0.29) is 17.5 Å². The Morgan fingerprint density at radius 2 is 2.00 bits per heavy atom. The molecule has 21 heavy (non-hydrogen) atoms. The van der Waals surface area contributed by atoms with Crippen LogP contribution in [0, 0.1) is 5.82 Å². The van der Waals surface area contributed by atoms with Gasteiger partial charge < -0.3 is 5.11 Å². The smallest absolute Gasteiger partial charge is 0.246 e. The minimum Gasteiger partial charge on any atom is -0.392 e. The normalized spacial score (nSPS) is 13.6. The van der Waals surface area contributed by atoms with Crippen LogP contribution in [0.25, 0.3) is 0 Å². The SMILES string of the molecule is CCCCN(C(C)CC)S(=O)(=O)c1ccc(CO)cc1F. The van der Waals surface area contributed by atoms with Gasteiger partial charge in [0.1, 0.15) is 10.7 Å².